The largest absolute Gasteiger partial charge is 0.445 e. The van der Waals surface area contributed by atoms with E-state index in [1.165, 1.54) is 0 Å². The lowest BCUT2D eigenvalue weighted by Crippen LogP contribution is -2.52. The van der Waals surface area contributed by atoms with Gasteiger partial charge in [0.25, 0.3) is 0 Å². The number of fused-ring (bicyclic) bond motifs is 2. The summed E-state index contributed by atoms with van der Waals surface area (Å²) in [7, 11) is 1.65. The Morgan fingerprint density at radius 3 is 2.78 bits per heavy atom. The minimum atomic E-state index is -4.53. The van der Waals surface area contributed by atoms with E-state index < -0.39 is 23.2 Å². The normalized spacial score (nSPS) is 27.9. The second-order valence-electron chi connectivity index (χ2n) is 12.4. The fraction of sp³-hybridized carbons (Fsp3) is 0.562. The number of aromatic nitrogens is 1. The highest BCUT2D eigenvalue weighted by Crippen LogP contribution is 2.51. The van der Waals surface area contributed by atoms with Gasteiger partial charge in [-0.1, -0.05) is 12.1 Å². The molecule has 240 valence electrons. The van der Waals surface area contributed by atoms with E-state index in [0.717, 1.165) is 24.2 Å². The molecule has 1 N–H and O–H groups in total. The van der Waals surface area contributed by atoms with E-state index >= 15 is 0 Å². The molecule has 1 aliphatic carbocycles. The van der Waals surface area contributed by atoms with Gasteiger partial charge in [-0.05, 0) is 54.5 Å². The Morgan fingerprint density at radius 2 is 2.04 bits per heavy atom. The van der Waals surface area contributed by atoms with Crippen LogP contribution in [0.4, 0.5) is 18.0 Å². The fourth-order valence-corrected chi connectivity index (χ4v) is 7.39. The Labute approximate surface area is 259 Å². The van der Waals surface area contributed by atoms with Crippen molar-refractivity contribution < 1.29 is 37.0 Å². The number of likely N-dealkylation sites (tertiary alicyclic amines) is 1. The first-order valence-electron chi connectivity index (χ1n) is 15.2. The molecular weight excluding hydrogens is 591 g/mol. The van der Waals surface area contributed by atoms with E-state index in [2.05, 4.69) is 16.4 Å². The van der Waals surface area contributed by atoms with Gasteiger partial charge in [-0.3, -0.25) is 9.78 Å². The van der Waals surface area contributed by atoms with Gasteiger partial charge < -0.3 is 29.3 Å². The zero-order valence-corrected chi connectivity index (χ0v) is 25.0. The van der Waals surface area contributed by atoms with Crippen LogP contribution in [0.3, 0.4) is 0 Å². The van der Waals surface area contributed by atoms with Gasteiger partial charge in [0.05, 0.1) is 35.3 Å². The number of carbonyl (C=O) groups excluding carboxylic acids is 2. The molecule has 13 heteroatoms. The molecule has 4 heterocycles. The van der Waals surface area contributed by atoms with Crippen LogP contribution in [0, 0.1) is 22.7 Å². The number of alkyl halides is 3. The molecule has 2 aromatic rings. The van der Waals surface area contributed by atoms with E-state index in [0.29, 0.717) is 62.4 Å². The molecule has 4 aliphatic rings. The number of nitrogens with zero attached hydrogens (tertiary/aromatic N) is 4. The van der Waals surface area contributed by atoms with Crippen LogP contribution in [0.15, 0.2) is 36.5 Å². The van der Waals surface area contributed by atoms with E-state index in [4.69, 9.17) is 19.5 Å². The van der Waals surface area contributed by atoms with Crippen molar-refractivity contribution in [3.63, 3.8) is 0 Å². The molecule has 0 radical (unpaired) electrons. The number of nitriles is 1. The number of nitrogens with one attached hydrogen (secondary N) is 1. The molecule has 1 aromatic carbocycles. The van der Waals surface area contributed by atoms with Crippen molar-refractivity contribution in [2.24, 2.45) is 11.3 Å². The maximum atomic E-state index is 14.5. The number of amides is 2. The van der Waals surface area contributed by atoms with Gasteiger partial charge in [-0.2, -0.15) is 18.4 Å². The third-order valence-electron chi connectivity index (χ3n) is 9.72. The molecule has 3 fully saturated rings. The Kier molecular flexibility index (Phi) is 8.74. The lowest BCUT2D eigenvalue weighted by molar-refractivity contribution is -0.143. The molecule has 10 nitrogen and oxygen atoms in total. The lowest BCUT2D eigenvalue weighted by atomic mass is 9.78. The maximum Gasteiger partial charge on any atom is 0.417 e. The number of hydrogen-bond acceptors (Lipinski definition) is 8. The number of halogens is 3. The summed E-state index contributed by atoms with van der Waals surface area (Å²) in [5, 5.41) is 12.7. The molecule has 5 atom stereocenters. The van der Waals surface area contributed by atoms with Gasteiger partial charge in [-0.25, -0.2) is 4.79 Å². The first kappa shape index (κ1) is 31.3. The van der Waals surface area contributed by atoms with Crippen LogP contribution in [0.5, 0.6) is 0 Å². The summed E-state index contributed by atoms with van der Waals surface area (Å²) in [6.07, 6.45) is -2.07. The van der Waals surface area contributed by atoms with Gasteiger partial charge in [0.15, 0.2) is 0 Å². The average Bonchev–Trinajstić information content (AvgIpc) is 3.58. The molecule has 2 unspecified atom stereocenters. The van der Waals surface area contributed by atoms with Crippen LogP contribution >= 0.6 is 0 Å². The van der Waals surface area contributed by atoms with Crippen molar-refractivity contribution in [3.8, 4) is 6.07 Å². The molecule has 6 rings (SSSR count). The van der Waals surface area contributed by atoms with Crippen molar-refractivity contribution in [1.82, 2.24) is 20.1 Å². The maximum absolute atomic E-state index is 14.5. The van der Waals surface area contributed by atoms with E-state index in [1.807, 2.05) is 0 Å². The smallest absolute Gasteiger partial charge is 0.417 e. The standard InChI is InChI=1S/C32H36F3N5O5/c1-43-28-18-44-9-7-27(28)38-25-11-24-16-40(30(42)45-17-21-4-2-20(13-36)3-5-21)19-31(24,12-25)29(41)39-8-6-26-22(15-39)10-23(14-37-26)32(33,34)35/h2-5,10,14,24-25,27-28,38H,6-9,11-12,15-19H2,1H3/t24-,25+,27?,28?,31-/m0/s1. The number of carbonyl (C=O) groups is 2. The zero-order chi connectivity index (χ0) is 31.8. The Morgan fingerprint density at radius 1 is 1.24 bits per heavy atom. The Hall–Kier alpha value is -3.73. The topological polar surface area (TPSA) is 117 Å². The summed E-state index contributed by atoms with van der Waals surface area (Å²) in [5.41, 5.74) is 0.455. The Balaban J connectivity index is 1.20. The fourth-order valence-electron chi connectivity index (χ4n) is 7.39. The lowest BCUT2D eigenvalue weighted by Gasteiger charge is -2.37. The number of hydrogen-bond donors (Lipinski definition) is 1. The molecule has 1 saturated carbocycles. The predicted octanol–water partition coefficient (Wildman–Crippen LogP) is 3.67. The molecule has 3 aliphatic heterocycles. The van der Waals surface area contributed by atoms with Crippen LogP contribution in [0.1, 0.15) is 47.2 Å². The molecule has 45 heavy (non-hydrogen) atoms. The van der Waals surface area contributed by atoms with Crippen molar-refractivity contribution in [3.05, 3.63) is 64.5 Å². The quantitative estimate of drug-likeness (QED) is 0.516. The Bertz CT molecular complexity index is 1460. The second-order valence-corrected chi connectivity index (χ2v) is 12.4. The predicted molar refractivity (Wildman–Crippen MR) is 153 cm³/mol. The summed E-state index contributed by atoms with van der Waals surface area (Å²) < 4.78 is 57.1. The number of benzene rings is 1. The molecule has 0 bridgehead atoms. The number of methoxy groups -OCH3 is 1. The van der Waals surface area contributed by atoms with Crippen LogP contribution in [-0.4, -0.2) is 84.9 Å². The van der Waals surface area contributed by atoms with Crippen molar-refractivity contribution in [1.29, 1.82) is 5.26 Å². The average molecular weight is 628 g/mol. The van der Waals surface area contributed by atoms with Crippen LogP contribution in [0.25, 0.3) is 0 Å². The van der Waals surface area contributed by atoms with Crippen LogP contribution < -0.4 is 5.32 Å². The summed E-state index contributed by atoms with van der Waals surface area (Å²) in [5.74, 6) is -0.315. The number of rotatable bonds is 6. The summed E-state index contributed by atoms with van der Waals surface area (Å²) in [6.45, 7) is 1.98. The summed E-state index contributed by atoms with van der Waals surface area (Å²) >= 11 is 0. The first-order valence-corrected chi connectivity index (χ1v) is 15.2. The van der Waals surface area contributed by atoms with Gasteiger partial charge in [0.2, 0.25) is 5.91 Å². The first-order chi connectivity index (χ1) is 21.6. The highest BCUT2D eigenvalue weighted by Gasteiger charge is 2.60. The highest BCUT2D eigenvalue weighted by molar-refractivity contribution is 5.86. The zero-order valence-electron chi connectivity index (χ0n) is 25.0. The van der Waals surface area contributed by atoms with Crippen LogP contribution in [0.2, 0.25) is 0 Å². The van der Waals surface area contributed by atoms with Gasteiger partial charge in [0, 0.05) is 70.3 Å². The monoisotopic (exact) mass is 627 g/mol. The third-order valence-corrected chi connectivity index (χ3v) is 9.72. The van der Waals surface area contributed by atoms with Gasteiger partial charge >= 0.3 is 12.3 Å². The SMILES string of the molecule is COC1COCCC1N[C@@H]1C[C@H]2CN(C(=O)OCc3ccc(C#N)cc3)C[C@@]2(C(=O)N2CCc3ncc(C(F)(F)F)cc3C2)C1. The minimum Gasteiger partial charge on any atom is -0.445 e. The molecule has 2 amide bonds. The number of pyridine rings is 1. The van der Waals surface area contributed by atoms with Crippen molar-refractivity contribution >= 4 is 12.0 Å². The van der Waals surface area contributed by atoms with E-state index in [9.17, 15) is 22.8 Å². The third kappa shape index (κ3) is 6.36. The van der Waals surface area contributed by atoms with Gasteiger partial charge in [0.1, 0.15) is 6.61 Å². The molecule has 0 spiro atoms. The second kappa shape index (κ2) is 12.6. The molecule has 1 aromatic heterocycles. The molecule has 2 saturated heterocycles. The summed E-state index contributed by atoms with van der Waals surface area (Å²) in [6, 6.07) is 9.95. The van der Waals surface area contributed by atoms with Crippen molar-refractivity contribution in [2.45, 2.75) is 63.2 Å². The number of ether oxygens (including phenoxy) is 3. The molecular formula is C32H36F3N5O5. The van der Waals surface area contributed by atoms with E-state index in [-0.39, 0.29) is 49.7 Å². The highest BCUT2D eigenvalue weighted by atomic mass is 19.4. The van der Waals surface area contributed by atoms with Gasteiger partial charge in [-0.15, -0.1) is 0 Å². The van der Waals surface area contributed by atoms with E-state index in [1.54, 1.807) is 41.2 Å². The summed E-state index contributed by atoms with van der Waals surface area (Å²) in [4.78, 5) is 35.0. The minimum absolute atomic E-state index is 0.00732. The van der Waals surface area contributed by atoms with Crippen LogP contribution in [-0.2, 0) is 44.8 Å². The van der Waals surface area contributed by atoms with Crippen molar-refractivity contribution in [2.75, 3.05) is 40.0 Å².